The van der Waals surface area contributed by atoms with Crippen molar-refractivity contribution in [2.75, 3.05) is 33.4 Å². The molecular weight excluding hydrogens is 406 g/mol. The first kappa shape index (κ1) is 21.2. The van der Waals surface area contributed by atoms with E-state index in [1.165, 1.54) is 11.1 Å². The number of methoxy groups -OCH3 is 1. The number of piperidine rings is 1. The van der Waals surface area contributed by atoms with Gasteiger partial charge >= 0.3 is 6.03 Å². The van der Waals surface area contributed by atoms with Crippen LogP contribution in [0.25, 0.3) is 0 Å². The number of carbonyl (C=O) groups is 2. The van der Waals surface area contributed by atoms with Crippen molar-refractivity contribution < 1.29 is 14.3 Å². The number of carbonyl (C=O) groups excluding carboxylic acids is 2. The zero-order valence-corrected chi connectivity index (χ0v) is 18.8. The zero-order valence-electron chi connectivity index (χ0n) is 18.8. The third-order valence-electron chi connectivity index (χ3n) is 7.48. The third kappa shape index (κ3) is 3.42. The van der Waals surface area contributed by atoms with Crippen molar-refractivity contribution in [3.05, 3.63) is 53.1 Å². The van der Waals surface area contributed by atoms with Crippen LogP contribution in [0.1, 0.15) is 35.4 Å². The molecule has 0 radical (unpaired) electrons. The summed E-state index contributed by atoms with van der Waals surface area (Å²) in [5.41, 5.74) is 3.84. The van der Waals surface area contributed by atoms with Gasteiger partial charge in [0.2, 0.25) is 0 Å². The van der Waals surface area contributed by atoms with Gasteiger partial charge in [0.1, 0.15) is 5.54 Å². The Labute approximate surface area is 188 Å². The number of imide groups is 1. The van der Waals surface area contributed by atoms with Gasteiger partial charge in [-0.05, 0) is 43.7 Å². The largest absolute Gasteiger partial charge is 0.383 e. The molecule has 170 valence electrons. The summed E-state index contributed by atoms with van der Waals surface area (Å²) in [6.07, 6.45) is 4.49. The maximum absolute atomic E-state index is 13.9. The van der Waals surface area contributed by atoms with Gasteiger partial charge in [0, 0.05) is 45.0 Å². The topological polar surface area (TPSA) is 81.8 Å². The molecule has 1 aromatic heterocycles. The first-order valence-corrected chi connectivity index (χ1v) is 11.5. The van der Waals surface area contributed by atoms with Crippen molar-refractivity contribution in [3.63, 3.8) is 0 Å². The van der Waals surface area contributed by atoms with E-state index in [1.807, 2.05) is 19.1 Å². The van der Waals surface area contributed by atoms with Crippen LogP contribution in [-0.2, 0) is 28.9 Å². The Hall–Kier alpha value is -2.71. The number of H-pyrrole nitrogens is 1. The lowest BCUT2D eigenvalue weighted by Crippen LogP contribution is -2.57. The molecule has 0 saturated carbocycles. The Morgan fingerprint density at radius 2 is 1.84 bits per heavy atom. The van der Waals surface area contributed by atoms with Crippen LogP contribution in [-0.4, -0.2) is 81.5 Å². The summed E-state index contributed by atoms with van der Waals surface area (Å²) in [5.74, 6) is -0.0213. The molecule has 1 spiro atoms. The molecule has 3 amide bonds. The molecule has 3 aliphatic rings. The second kappa shape index (κ2) is 8.33. The zero-order chi connectivity index (χ0) is 22.3. The van der Waals surface area contributed by atoms with E-state index in [1.54, 1.807) is 23.2 Å². The van der Waals surface area contributed by atoms with Crippen LogP contribution in [0, 0.1) is 6.92 Å². The van der Waals surface area contributed by atoms with Crippen molar-refractivity contribution >= 4 is 11.9 Å². The Morgan fingerprint density at radius 1 is 1.16 bits per heavy atom. The van der Waals surface area contributed by atoms with Gasteiger partial charge in [-0.1, -0.05) is 24.3 Å². The number of aromatic nitrogens is 2. The van der Waals surface area contributed by atoms with E-state index in [2.05, 4.69) is 27.0 Å². The second-order valence-electron chi connectivity index (χ2n) is 9.21. The maximum Gasteiger partial charge on any atom is 0.328 e. The molecule has 2 fully saturated rings. The lowest BCUT2D eigenvalue weighted by atomic mass is 9.85. The van der Waals surface area contributed by atoms with E-state index in [0.717, 1.165) is 43.9 Å². The average Bonchev–Trinajstić information content (AvgIpc) is 3.45. The number of imidazole rings is 1. The van der Waals surface area contributed by atoms with Gasteiger partial charge in [-0.3, -0.25) is 14.6 Å². The standard InChI is InChI=1S/C24H31N5O3/c1-17-21(26-16-25-17)15-27-9-7-24(8-10-27)22(30)29(23(31)28(24)11-12-32-2)20-13-18-5-3-4-6-19(18)14-20/h3-6,16,20H,7-15H2,1-2H3,(H,25,26). The fraction of sp³-hybridized carbons (Fsp3) is 0.542. The van der Waals surface area contributed by atoms with E-state index in [4.69, 9.17) is 4.74 Å². The number of benzene rings is 1. The number of hydrogen-bond acceptors (Lipinski definition) is 5. The molecule has 2 saturated heterocycles. The third-order valence-corrected chi connectivity index (χ3v) is 7.48. The van der Waals surface area contributed by atoms with Crippen LogP contribution in [0.5, 0.6) is 0 Å². The van der Waals surface area contributed by atoms with Gasteiger partial charge in [-0.15, -0.1) is 0 Å². The van der Waals surface area contributed by atoms with Gasteiger partial charge in [0.25, 0.3) is 5.91 Å². The number of amides is 3. The summed E-state index contributed by atoms with van der Waals surface area (Å²) >= 11 is 0. The number of aromatic amines is 1. The molecule has 0 atom stereocenters. The average molecular weight is 438 g/mol. The number of nitrogens with zero attached hydrogens (tertiary/aromatic N) is 4. The Bertz CT molecular complexity index is 986. The van der Waals surface area contributed by atoms with Crippen LogP contribution in [0.3, 0.4) is 0 Å². The molecule has 1 aromatic carbocycles. The molecule has 8 nitrogen and oxygen atoms in total. The highest BCUT2D eigenvalue weighted by atomic mass is 16.5. The number of aryl methyl sites for hydroxylation is 1. The summed E-state index contributed by atoms with van der Waals surface area (Å²) in [6, 6.07) is 8.02. The Morgan fingerprint density at radius 3 is 2.44 bits per heavy atom. The van der Waals surface area contributed by atoms with Gasteiger partial charge in [0.05, 0.1) is 18.6 Å². The smallest absolute Gasteiger partial charge is 0.328 e. The molecule has 1 N–H and O–H groups in total. The van der Waals surface area contributed by atoms with Crippen molar-refractivity contribution in [1.29, 1.82) is 0 Å². The maximum atomic E-state index is 13.9. The molecule has 2 aromatic rings. The van der Waals surface area contributed by atoms with E-state index >= 15 is 0 Å². The minimum absolute atomic E-state index is 0.0213. The van der Waals surface area contributed by atoms with Crippen LogP contribution >= 0.6 is 0 Å². The Balaban J connectivity index is 1.35. The number of nitrogens with one attached hydrogen (secondary N) is 1. The lowest BCUT2D eigenvalue weighted by molar-refractivity contribution is -0.137. The second-order valence-corrected chi connectivity index (χ2v) is 9.21. The van der Waals surface area contributed by atoms with Gasteiger partial charge in [-0.2, -0.15) is 0 Å². The van der Waals surface area contributed by atoms with Crippen LogP contribution in [0.15, 0.2) is 30.6 Å². The summed E-state index contributed by atoms with van der Waals surface area (Å²) in [5, 5.41) is 0. The highest BCUT2D eigenvalue weighted by Gasteiger charge is 2.59. The van der Waals surface area contributed by atoms with Crippen molar-refractivity contribution in [3.8, 4) is 0 Å². The fourth-order valence-corrected chi connectivity index (χ4v) is 5.60. The molecule has 0 bridgehead atoms. The van der Waals surface area contributed by atoms with Crippen LogP contribution in [0.2, 0.25) is 0 Å². The van der Waals surface area contributed by atoms with E-state index < -0.39 is 5.54 Å². The quantitative estimate of drug-likeness (QED) is 0.701. The van der Waals surface area contributed by atoms with E-state index in [0.29, 0.717) is 26.0 Å². The normalized spacial score (nSPS) is 21.2. The van der Waals surface area contributed by atoms with Gasteiger partial charge < -0.3 is 14.6 Å². The monoisotopic (exact) mass is 437 g/mol. The fourth-order valence-electron chi connectivity index (χ4n) is 5.60. The molecule has 1 aliphatic carbocycles. The predicted molar refractivity (Wildman–Crippen MR) is 119 cm³/mol. The number of ether oxygens (including phenoxy) is 1. The van der Waals surface area contributed by atoms with Gasteiger partial charge in [0.15, 0.2) is 0 Å². The van der Waals surface area contributed by atoms with E-state index in [9.17, 15) is 9.59 Å². The minimum Gasteiger partial charge on any atom is -0.383 e. The van der Waals surface area contributed by atoms with Crippen LogP contribution < -0.4 is 0 Å². The number of fused-ring (bicyclic) bond motifs is 1. The molecule has 5 rings (SSSR count). The molecule has 0 unspecified atom stereocenters. The van der Waals surface area contributed by atoms with Gasteiger partial charge in [-0.25, -0.2) is 9.78 Å². The van der Waals surface area contributed by atoms with Crippen molar-refractivity contribution in [2.24, 2.45) is 0 Å². The minimum atomic E-state index is -0.762. The summed E-state index contributed by atoms with van der Waals surface area (Å²) in [4.78, 5) is 40.7. The Kier molecular flexibility index (Phi) is 5.51. The first-order chi connectivity index (χ1) is 15.5. The highest BCUT2D eigenvalue weighted by molar-refractivity contribution is 6.07. The SMILES string of the molecule is COCCN1C(=O)N(C2Cc3ccccc3C2)C(=O)C12CCN(Cc1nc[nH]c1C)CC2. The number of rotatable bonds is 6. The number of likely N-dealkylation sites (tertiary alicyclic amines) is 1. The number of hydrogen-bond donors (Lipinski definition) is 1. The molecule has 2 aliphatic heterocycles. The summed E-state index contributed by atoms with van der Waals surface area (Å²) in [6.45, 7) is 5.16. The predicted octanol–water partition coefficient (Wildman–Crippen LogP) is 2.13. The number of urea groups is 1. The summed E-state index contributed by atoms with van der Waals surface area (Å²) in [7, 11) is 1.63. The van der Waals surface area contributed by atoms with E-state index in [-0.39, 0.29) is 18.0 Å². The lowest BCUT2D eigenvalue weighted by Gasteiger charge is -2.42. The molecular formula is C24H31N5O3. The molecule has 8 heteroatoms. The molecule has 32 heavy (non-hydrogen) atoms. The first-order valence-electron chi connectivity index (χ1n) is 11.5. The highest BCUT2D eigenvalue weighted by Crippen LogP contribution is 2.40. The van der Waals surface area contributed by atoms with Crippen molar-refractivity contribution in [2.45, 2.75) is 50.7 Å². The molecule has 3 heterocycles. The summed E-state index contributed by atoms with van der Waals surface area (Å²) < 4.78 is 5.29. The van der Waals surface area contributed by atoms with Crippen LogP contribution in [0.4, 0.5) is 4.79 Å². The van der Waals surface area contributed by atoms with Crippen molar-refractivity contribution in [1.82, 2.24) is 24.7 Å².